The van der Waals surface area contributed by atoms with Gasteiger partial charge in [-0.3, -0.25) is 0 Å². The quantitative estimate of drug-likeness (QED) is 0.312. The summed E-state index contributed by atoms with van der Waals surface area (Å²) in [6.07, 6.45) is 4.37. The van der Waals surface area contributed by atoms with Crippen LogP contribution >= 0.6 is 0 Å². The molecular weight excluding hydrogens is 116 g/mol. The van der Waals surface area contributed by atoms with Crippen molar-refractivity contribution < 1.29 is 4.86 Å². The van der Waals surface area contributed by atoms with Gasteiger partial charge in [-0.25, -0.2) is 0 Å². The van der Waals surface area contributed by atoms with Crippen molar-refractivity contribution >= 4 is 0 Å². The summed E-state index contributed by atoms with van der Waals surface area (Å²) in [7, 11) is 0. The minimum Gasteiger partial charge on any atom is -0.600 e. The summed E-state index contributed by atoms with van der Waals surface area (Å²) < 4.78 is 0. The number of hydrogen-bond acceptors (Lipinski definition) is 2. The smallest absolute Gasteiger partial charge is 0.190 e. The fraction of sp³-hybridized carbons (Fsp3) is 1.00. The highest BCUT2D eigenvalue weighted by molar-refractivity contribution is 4.78. The van der Waals surface area contributed by atoms with E-state index in [-0.39, 0.29) is 6.04 Å². The third kappa shape index (κ3) is 1.20. The van der Waals surface area contributed by atoms with E-state index in [4.69, 9.17) is 0 Å². The minimum atomic E-state index is 0.255. The zero-order chi connectivity index (χ0) is 6.27. The minimum absolute atomic E-state index is 0.255. The monoisotopic (exact) mass is 126 g/mol. The second-order valence-electron chi connectivity index (χ2n) is 2.88. The largest absolute Gasteiger partial charge is 0.600 e. The molecule has 2 saturated carbocycles. The summed E-state index contributed by atoms with van der Waals surface area (Å²) >= 11 is 0. The van der Waals surface area contributed by atoms with E-state index in [1.165, 1.54) is 0 Å². The van der Waals surface area contributed by atoms with Crippen LogP contribution in [0, 0.1) is 5.21 Å². The number of hydroxylamine groups is 1. The molecule has 0 atom stereocenters. The maximum atomic E-state index is 10.8. The van der Waals surface area contributed by atoms with Crippen LogP contribution in [0.5, 0.6) is 0 Å². The van der Waals surface area contributed by atoms with E-state index in [0.29, 0.717) is 6.04 Å². The maximum Gasteiger partial charge on any atom is 0.190 e. The fourth-order valence-electron chi connectivity index (χ4n) is 0.741. The van der Waals surface area contributed by atoms with Gasteiger partial charge in [0.15, 0.2) is 6.04 Å². The van der Waals surface area contributed by atoms with E-state index in [2.05, 4.69) is 5.11 Å². The molecule has 0 radical (unpaired) electrons. The van der Waals surface area contributed by atoms with Crippen molar-refractivity contribution in [3.8, 4) is 0 Å². The van der Waals surface area contributed by atoms with Crippen LogP contribution in [0.4, 0.5) is 0 Å². The fourth-order valence-corrected chi connectivity index (χ4v) is 0.741. The number of hydrogen-bond donors (Lipinski definition) is 0. The molecule has 0 unspecified atom stereocenters. The van der Waals surface area contributed by atoms with Crippen LogP contribution in [0.1, 0.15) is 25.7 Å². The Morgan fingerprint density at radius 2 is 1.89 bits per heavy atom. The molecule has 0 saturated heterocycles. The molecule has 2 aliphatic carbocycles. The molecule has 2 aliphatic rings. The summed E-state index contributed by atoms with van der Waals surface area (Å²) in [5.41, 5.74) is 0. The number of nitrogens with zero attached hydrogens (tertiary/aromatic N) is 2. The highest BCUT2D eigenvalue weighted by atomic mass is 16.5. The molecule has 0 bridgehead atoms. The lowest BCUT2D eigenvalue weighted by Crippen LogP contribution is -2.03. The lowest BCUT2D eigenvalue weighted by atomic mass is 10.7. The molecular formula is C6H10N2O. The van der Waals surface area contributed by atoms with Gasteiger partial charge in [0.2, 0.25) is 0 Å². The predicted molar refractivity (Wildman–Crippen MR) is 32.1 cm³/mol. The Morgan fingerprint density at radius 3 is 2.33 bits per heavy atom. The summed E-state index contributed by atoms with van der Waals surface area (Å²) in [6, 6.07) is 0.647. The van der Waals surface area contributed by atoms with Crippen LogP contribution in [-0.4, -0.2) is 16.9 Å². The highest BCUT2D eigenvalue weighted by Crippen LogP contribution is 2.28. The van der Waals surface area contributed by atoms with Crippen molar-refractivity contribution in [2.75, 3.05) is 0 Å². The van der Waals surface area contributed by atoms with Gasteiger partial charge in [-0.2, -0.15) is 0 Å². The Hall–Kier alpha value is -0.600. The van der Waals surface area contributed by atoms with Crippen LogP contribution in [0.2, 0.25) is 0 Å². The third-order valence-electron chi connectivity index (χ3n) is 1.68. The molecule has 2 rings (SSSR count). The Balaban J connectivity index is 1.91. The van der Waals surface area contributed by atoms with Gasteiger partial charge in [-0.15, -0.1) is 0 Å². The number of rotatable bonds is 2. The van der Waals surface area contributed by atoms with Crippen LogP contribution in [0.3, 0.4) is 0 Å². The van der Waals surface area contributed by atoms with Crippen molar-refractivity contribution in [3.63, 3.8) is 0 Å². The maximum absolute atomic E-state index is 10.8. The average Bonchev–Trinajstić information content (AvgIpc) is 2.62. The van der Waals surface area contributed by atoms with Gasteiger partial charge in [0.1, 0.15) is 6.04 Å². The molecule has 3 nitrogen and oxygen atoms in total. The van der Waals surface area contributed by atoms with Crippen molar-refractivity contribution in [2.24, 2.45) is 5.11 Å². The Bertz CT molecular complexity index is 147. The lowest BCUT2D eigenvalue weighted by molar-refractivity contribution is -0.545. The lowest BCUT2D eigenvalue weighted by Gasteiger charge is -1.94. The topological polar surface area (TPSA) is 38.4 Å². The van der Waals surface area contributed by atoms with Crippen LogP contribution in [-0.2, 0) is 0 Å². The van der Waals surface area contributed by atoms with E-state index in [0.717, 1.165) is 30.5 Å². The van der Waals surface area contributed by atoms with E-state index in [9.17, 15) is 5.21 Å². The summed E-state index contributed by atoms with van der Waals surface area (Å²) in [5, 5.41) is 14.7. The molecule has 50 valence electrons. The molecule has 0 aliphatic heterocycles. The second kappa shape index (κ2) is 1.69. The van der Waals surface area contributed by atoms with Gasteiger partial charge in [0.05, 0.1) is 0 Å². The van der Waals surface area contributed by atoms with E-state index in [1.807, 2.05) is 0 Å². The van der Waals surface area contributed by atoms with Gasteiger partial charge < -0.3 is 5.21 Å². The molecule has 0 amide bonds. The first-order valence-electron chi connectivity index (χ1n) is 3.53. The van der Waals surface area contributed by atoms with E-state index in [1.54, 1.807) is 0 Å². The van der Waals surface area contributed by atoms with Crippen LogP contribution in [0.25, 0.3) is 0 Å². The van der Waals surface area contributed by atoms with E-state index < -0.39 is 0 Å². The van der Waals surface area contributed by atoms with Gasteiger partial charge >= 0.3 is 0 Å². The van der Waals surface area contributed by atoms with Gasteiger partial charge in [0.25, 0.3) is 0 Å². The molecule has 3 heteroatoms. The Morgan fingerprint density at radius 1 is 1.22 bits per heavy atom. The van der Waals surface area contributed by atoms with Gasteiger partial charge in [-0.1, -0.05) is 4.86 Å². The number of azo groups is 1. The molecule has 9 heavy (non-hydrogen) atoms. The standard InChI is InChI=1S/C6H10N2O/c9-8(6-3-4-6)7-5-1-2-5/h5-6H,1-4H2. The summed E-state index contributed by atoms with van der Waals surface area (Å²) in [6.45, 7) is 0. The normalized spacial score (nSPS) is 28.7. The van der Waals surface area contributed by atoms with Crippen molar-refractivity contribution in [1.29, 1.82) is 0 Å². The third-order valence-corrected chi connectivity index (χ3v) is 1.68. The van der Waals surface area contributed by atoms with Crippen molar-refractivity contribution in [3.05, 3.63) is 5.21 Å². The van der Waals surface area contributed by atoms with Crippen LogP contribution < -0.4 is 0 Å². The molecule has 0 heterocycles. The van der Waals surface area contributed by atoms with Crippen molar-refractivity contribution in [1.82, 2.24) is 0 Å². The highest BCUT2D eigenvalue weighted by Gasteiger charge is 2.34. The molecule has 0 aromatic carbocycles. The molecule has 2 fully saturated rings. The first kappa shape index (κ1) is 5.21. The van der Waals surface area contributed by atoms with E-state index >= 15 is 0 Å². The first-order valence-corrected chi connectivity index (χ1v) is 3.53. The second-order valence-corrected chi connectivity index (χ2v) is 2.88. The van der Waals surface area contributed by atoms with Gasteiger partial charge in [0, 0.05) is 12.8 Å². The van der Waals surface area contributed by atoms with Gasteiger partial charge in [-0.05, 0) is 18.0 Å². The Kier molecular flexibility index (Phi) is 0.976. The molecule has 0 spiro atoms. The summed E-state index contributed by atoms with van der Waals surface area (Å²) in [4.78, 5) is 0.914. The molecule has 0 aromatic heterocycles. The SMILES string of the molecule is [O-][N+](=NC1CC1)C1CC1. The molecule has 0 aromatic rings. The van der Waals surface area contributed by atoms with Crippen molar-refractivity contribution in [2.45, 2.75) is 37.8 Å². The zero-order valence-electron chi connectivity index (χ0n) is 5.29. The van der Waals surface area contributed by atoms with Crippen LogP contribution in [0.15, 0.2) is 5.11 Å². The zero-order valence-corrected chi connectivity index (χ0v) is 5.29. The summed E-state index contributed by atoms with van der Waals surface area (Å²) in [5.74, 6) is 0. The first-order chi connectivity index (χ1) is 4.36. The Labute approximate surface area is 54.0 Å². The molecule has 0 N–H and O–H groups in total. The average molecular weight is 126 g/mol. The predicted octanol–water partition coefficient (Wildman–Crippen LogP) is 1.27.